The van der Waals surface area contributed by atoms with E-state index in [1.807, 2.05) is 85.8 Å². The molecule has 0 spiro atoms. The van der Waals surface area contributed by atoms with Crippen LogP contribution in [0.2, 0.25) is 5.02 Å². The van der Waals surface area contributed by atoms with Crippen LogP contribution >= 0.6 is 33.2 Å². The van der Waals surface area contributed by atoms with Crippen LogP contribution in [0.15, 0.2) is 139 Å². The maximum Gasteiger partial charge on any atom is 0.409 e. The number of likely N-dealkylation sites (N-methyl/N-ethyl adjacent to an activating group) is 1. The van der Waals surface area contributed by atoms with Crippen molar-refractivity contribution in [1.82, 2.24) is 45.3 Å². The van der Waals surface area contributed by atoms with Crippen LogP contribution in [0.5, 0.6) is 11.5 Å². The summed E-state index contributed by atoms with van der Waals surface area (Å²) in [6, 6.07) is 31.9. The smallest absolute Gasteiger partial charge is 0.409 e. The number of aromatic nitrogens is 4. The molecule has 4 bridgehead atoms. The average molecular weight is 2020 g/mol. The van der Waals surface area contributed by atoms with Gasteiger partial charge in [-0.3, -0.25) is 49.1 Å². The number of nitrogens with one attached hydrogen (secondary N) is 4. The van der Waals surface area contributed by atoms with Gasteiger partial charge >= 0.3 is 12.1 Å². The zero-order chi connectivity index (χ0) is 96.8. The third kappa shape index (κ3) is 43.7. The molecule has 6 amide bonds. The van der Waals surface area contributed by atoms with Crippen molar-refractivity contribution in [2.24, 2.45) is 5.92 Å². The Morgan fingerprint density at radius 3 is 1.71 bits per heavy atom. The molecular weight excluding hydrogens is 1900 g/mol. The molecule has 9 rings (SSSR count). The van der Waals surface area contributed by atoms with E-state index >= 15 is 0 Å². The number of ether oxygens (including phenoxy) is 6. The molecule has 3 unspecified atom stereocenters. The molecule has 2 aromatic carbocycles. The van der Waals surface area contributed by atoms with Gasteiger partial charge in [-0.05, 0) is 142 Å². The molecule has 0 aliphatic carbocycles. The number of methoxy groups -OCH3 is 2. The van der Waals surface area contributed by atoms with Crippen molar-refractivity contribution in [3.8, 4) is 11.5 Å². The van der Waals surface area contributed by atoms with Crippen LogP contribution in [0.4, 0.5) is 22.1 Å². The number of unbranched alkanes of at least 4 members (excludes halogenated alkanes) is 5. The van der Waals surface area contributed by atoms with Crippen LogP contribution in [0.1, 0.15) is 171 Å². The standard InChI is InChI=1S/C86H113ClN12O14S2.4HNO3.2Zn/c1-11-13-15-34-77(101)93-74-32-24-29-66(91-74)56-98(54-64-27-17-19-38-88-64)52-62-45-63(53-99(55-65-28-18-20-39-89-65)57-67-30-25-33-75(92-67)94-78(102)35-16-14-12-2)47-68(46-62)110-41-22-21-40-90-76(100)36-42-114-115-43-37-79(103)96(7)60(5)83(105)112-73-50-80(104)97(8)69-48-61(49-70(108-9)81(69)87)44-58(3)26-23-31-72(109-10)86(107)51-71(111-84(106)95-86)59(4)82-85(73,6)113-82;4*2-1(3)4;;/h17-20,23-33,38-39,45-49,59-60,71-73,82,107H,11-16,21-22,34-37,40-44,50-57H2,1-10H3,(H,90,100)(H,95,106)(H,91,93,101)(H,92,94,102);4*(H,2,3,4);;/b31-23+,58-26+;;;;;;/t59-,60+,71?,72-,73?,82?,85+,86+;;;;;;/m0....../s1. The van der Waals surface area contributed by atoms with Crippen LogP contribution in [-0.2, 0) is 132 Å². The van der Waals surface area contributed by atoms with Crippen molar-refractivity contribution in [3.63, 3.8) is 0 Å². The number of benzene rings is 2. The number of nitrogens with zero attached hydrogens (tertiary/aromatic N) is 12. The Balaban J connectivity index is 0.00000234. The van der Waals surface area contributed by atoms with Gasteiger partial charge < -0.3 is 80.1 Å². The van der Waals surface area contributed by atoms with Crippen LogP contribution in [0.25, 0.3) is 0 Å². The maximum atomic E-state index is 14.5. The number of epoxide rings is 1. The number of halogens is 1. The molecule has 47 heteroatoms. The number of allylic oxidation sites excluding steroid dienone is 3. The number of anilines is 3. The summed E-state index contributed by atoms with van der Waals surface area (Å²) in [5.74, 6) is 0.530. The molecule has 3 aliphatic heterocycles. The maximum absolute atomic E-state index is 14.5. The van der Waals surface area contributed by atoms with E-state index in [1.165, 1.54) is 52.7 Å². The molecule has 2 fully saturated rings. The zero-order valence-corrected chi connectivity index (χ0v) is 84.5. The monoisotopic (exact) mass is 2020 g/mol. The molecule has 4 aromatic heterocycles. The molecule has 720 valence electrons. The van der Waals surface area contributed by atoms with E-state index in [4.69, 9.17) is 121 Å². The molecule has 133 heavy (non-hydrogen) atoms. The van der Waals surface area contributed by atoms with Crippen molar-refractivity contribution in [1.29, 1.82) is 0 Å². The third-order valence-electron chi connectivity index (χ3n) is 20.6. The molecule has 8 atom stereocenters. The van der Waals surface area contributed by atoms with Gasteiger partial charge in [0.25, 0.3) is 20.3 Å². The number of aliphatic hydroxyl groups is 1. The average Bonchev–Trinajstić information content (AvgIpc) is 1.57. The molecule has 2 saturated heterocycles. The second kappa shape index (κ2) is 61.0. The Hall–Kier alpha value is -11.0. The summed E-state index contributed by atoms with van der Waals surface area (Å²) >= 11 is 6.89. The predicted molar refractivity (Wildman–Crippen MR) is 483 cm³/mol. The van der Waals surface area contributed by atoms with Crippen LogP contribution in [0.3, 0.4) is 0 Å². The van der Waals surface area contributed by atoms with E-state index < -0.39 is 86.0 Å². The fourth-order valence-corrected chi connectivity index (χ4v) is 16.3. The minimum Gasteiger partial charge on any atom is -0.495 e. The number of hydrogen-bond acceptors (Lipinski definition) is 30. The van der Waals surface area contributed by atoms with Crippen molar-refractivity contribution in [2.75, 3.05) is 68.5 Å². The molecule has 0 radical (unpaired) electrons. The Morgan fingerprint density at radius 2 is 1.21 bits per heavy atom. The molecular formula is C86H117ClN16O26S2Zn2. The van der Waals surface area contributed by atoms with Crippen molar-refractivity contribution in [3.05, 3.63) is 224 Å². The largest absolute Gasteiger partial charge is 0.495 e. The first-order chi connectivity index (χ1) is 62.3. The number of rotatable bonds is 40. The van der Waals surface area contributed by atoms with Crippen molar-refractivity contribution < 1.29 is 147 Å². The Morgan fingerprint density at radius 1 is 0.699 bits per heavy atom. The third-order valence-corrected chi connectivity index (χ3v) is 23.4. The molecule has 6 aromatic rings. The second-order valence-electron chi connectivity index (χ2n) is 30.9. The Kier molecular flexibility index (Phi) is 53.3. The van der Waals surface area contributed by atoms with E-state index in [0.717, 1.165) is 83.6 Å². The number of esters is 1. The van der Waals surface area contributed by atoms with Gasteiger partial charge in [0.15, 0.2) is 5.72 Å². The summed E-state index contributed by atoms with van der Waals surface area (Å²) in [6.45, 7) is 14.9. The van der Waals surface area contributed by atoms with Gasteiger partial charge in [-0.15, -0.1) is 40.5 Å². The molecule has 9 N–H and O–H groups in total. The predicted octanol–water partition coefficient (Wildman–Crippen LogP) is 12.3. The first kappa shape index (κ1) is 116. The topological polar surface area (TPSA) is 565 Å². The fraction of sp³-hybridized carbons (Fsp3) is 0.500. The van der Waals surface area contributed by atoms with Crippen LogP contribution < -0.4 is 35.6 Å². The first-order valence-corrected chi connectivity index (χ1v) is 44.9. The number of carbonyl (C=O) groups is 7. The minimum absolute atomic E-state index is 0. The zero-order valence-electron chi connectivity index (χ0n) is 76.1. The molecule has 0 saturated carbocycles. The number of pyridine rings is 4. The molecule has 42 nitrogen and oxygen atoms in total. The van der Waals surface area contributed by atoms with Gasteiger partial charge in [0.1, 0.15) is 58.1 Å². The second-order valence-corrected chi connectivity index (χ2v) is 33.9. The number of carbonyl (C=O) groups excluding carboxylic acids is 7. The Bertz CT molecular complexity index is 4590. The summed E-state index contributed by atoms with van der Waals surface area (Å²) in [7, 11) is 8.91. The van der Waals surface area contributed by atoms with Crippen LogP contribution in [-0.4, -0.2) is 217 Å². The van der Waals surface area contributed by atoms with Gasteiger partial charge in [-0.25, -0.2) is 19.6 Å². The van der Waals surface area contributed by atoms with E-state index in [-0.39, 0.29) is 93.3 Å². The van der Waals surface area contributed by atoms with E-state index in [1.54, 1.807) is 64.5 Å². The fourth-order valence-electron chi connectivity index (χ4n) is 14.0. The minimum atomic E-state index is -1.88. The number of hydrogen-bond donors (Lipinski definition) is 9. The Labute approximate surface area is 808 Å². The van der Waals surface area contributed by atoms with Crippen LogP contribution in [0, 0.1) is 46.4 Å². The molecule has 7 heterocycles. The van der Waals surface area contributed by atoms with E-state index in [0.29, 0.717) is 125 Å². The summed E-state index contributed by atoms with van der Waals surface area (Å²) in [5, 5.41) is 78.3. The molecule has 3 aliphatic rings. The first-order valence-electron chi connectivity index (χ1n) is 42.0. The van der Waals surface area contributed by atoms with Gasteiger partial charge in [0.05, 0.1) is 54.7 Å². The summed E-state index contributed by atoms with van der Waals surface area (Å²) in [5.41, 5.74) is 4.17. The van der Waals surface area contributed by atoms with E-state index in [2.05, 4.69) is 63.1 Å². The van der Waals surface area contributed by atoms with Gasteiger partial charge in [-0.1, -0.05) is 134 Å². The summed E-state index contributed by atoms with van der Waals surface area (Å²) < 4.78 is 36.4. The van der Waals surface area contributed by atoms with Crippen molar-refractivity contribution >= 4 is 92.1 Å². The summed E-state index contributed by atoms with van der Waals surface area (Å²) in [4.78, 5) is 155. The van der Waals surface area contributed by atoms with Gasteiger partial charge in [0.2, 0.25) is 29.5 Å². The SMILES string of the molecule is CCCCCC(=O)Nc1cccc(CN(Cc2cc(CN(Cc3ccccn3)Cc3cccc(NC(=O)CCCCC)n3)cc(OCCCCNC(=O)CCSSCCC(=O)N(C)[C@H](C)C(=O)OC3CC(=O)N(C)c4cc(cc(OC)c4Cl)C/C(C)=C/C=C/[C@H](OC)[C@]4(O)CC(OC(=O)N4)[C@H](C)C4O[C@]34C)c2)Cc2ccccn2)n1.O=[N+]([O-])O.O=[N+]([O-])O.O=[N+]([O-])O.O=[N+]([O-])O.[Zn].[Zn]. The number of fused-ring (bicyclic) bond motifs is 5. The van der Waals surface area contributed by atoms with Gasteiger partial charge in [0, 0.05) is 168 Å². The quantitative estimate of drug-likeness (QED) is 0.00328. The van der Waals surface area contributed by atoms with Crippen molar-refractivity contribution in [2.45, 2.75) is 219 Å². The normalized spacial score (nSPS) is 18.5. The number of amides is 6. The van der Waals surface area contributed by atoms with E-state index in [9.17, 15) is 38.7 Å². The summed E-state index contributed by atoms with van der Waals surface area (Å²) in [6.07, 6.45) is 12.2. The van der Waals surface area contributed by atoms with Gasteiger partial charge in [-0.2, -0.15) is 0 Å². The number of alkyl carbamates (subject to hydrolysis) is 1.